The minimum atomic E-state index is -0.181. The van der Waals surface area contributed by atoms with Gasteiger partial charge in [-0.3, -0.25) is 9.59 Å². The molecule has 0 aromatic heterocycles. The lowest BCUT2D eigenvalue weighted by Gasteiger charge is -2.21. The zero-order valence-corrected chi connectivity index (χ0v) is 15.3. The first kappa shape index (κ1) is 18.8. The number of hydrogen-bond donors (Lipinski definition) is 1. The van der Waals surface area contributed by atoms with Crippen molar-refractivity contribution in [2.45, 2.75) is 20.3 Å². The Morgan fingerprint density at radius 1 is 1.20 bits per heavy atom. The van der Waals surface area contributed by atoms with E-state index in [-0.39, 0.29) is 24.8 Å². The van der Waals surface area contributed by atoms with E-state index < -0.39 is 0 Å². The molecule has 0 heterocycles. The SMILES string of the molecule is COc1cccc(N(CCC(=O)Nc2cccc(Cl)c2C)C(C)=O)c1. The molecule has 0 radical (unpaired) electrons. The van der Waals surface area contributed by atoms with E-state index in [1.807, 2.05) is 13.0 Å². The van der Waals surface area contributed by atoms with Crippen molar-refractivity contribution in [2.75, 3.05) is 23.9 Å². The maximum absolute atomic E-state index is 12.2. The van der Waals surface area contributed by atoms with Gasteiger partial charge in [-0.05, 0) is 36.8 Å². The quantitative estimate of drug-likeness (QED) is 0.845. The van der Waals surface area contributed by atoms with Crippen LogP contribution in [0.4, 0.5) is 11.4 Å². The molecule has 2 amide bonds. The highest BCUT2D eigenvalue weighted by Gasteiger charge is 2.15. The van der Waals surface area contributed by atoms with Gasteiger partial charge >= 0.3 is 0 Å². The maximum atomic E-state index is 12.2. The molecule has 2 aromatic rings. The molecule has 0 atom stereocenters. The average molecular weight is 361 g/mol. The number of halogens is 1. The number of amides is 2. The molecule has 132 valence electrons. The highest BCUT2D eigenvalue weighted by molar-refractivity contribution is 6.31. The van der Waals surface area contributed by atoms with Crippen molar-refractivity contribution in [3.63, 3.8) is 0 Å². The summed E-state index contributed by atoms with van der Waals surface area (Å²) in [6.45, 7) is 3.59. The number of ether oxygens (including phenoxy) is 1. The molecule has 25 heavy (non-hydrogen) atoms. The van der Waals surface area contributed by atoms with Crippen LogP contribution in [0.15, 0.2) is 42.5 Å². The number of rotatable bonds is 6. The Kier molecular flexibility index (Phi) is 6.42. The number of carbonyl (C=O) groups is 2. The number of anilines is 2. The summed E-state index contributed by atoms with van der Waals surface area (Å²) in [4.78, 5) is 25.7. The second-order valence-corrected chi connectivity index (χ2v) is 5.99. The third kappa shape index (κ3) is 4.97. The van der Waals surface area contributed by atoms with Crippen LogP contribution in [0.2, 0.25) is 5.02 Å². The van der Waals surface area contributed by atoms with Crippen molar-refractivity contribution in [1.82, 2.24) is 0 Å². The normalized spacial score (nSPS) is 10.2. The smallest absolute Gasteiger partial charge is 0.226 e. The minimum Gasteiger partial charge on any atom is -0.497 e. The third-order valence-corrected chi connectivity index (χ3v) is 4.26. The summed E-state index contributed by atoms with van der Waals surface area (Å²) < 4.78 is 5.18. The molecule has 0 bridgehead atoms. The molecular weight excluding hydrogens is 340 g/mol. The van der Waals surface area contributed by atoms with Gasteiger partial charge in [0.2, 0.25) is 11.8 Å². The van der Waals surface area contributed by atoms with Crippen molar-refractivity contribution in [1.29, 1.82) is 0 Å². The van der Waals surface area contributed by atoms with Crippen molar-refractivity contribution >= 4 is 34.8 Å². The van der Waals surface area contributed by atoms with E-state index in [9.17, 15) is 9.59 Å². The van der Waals surface area contributed by atoms with Gasteiger partial charge in [-0.1, -0.05) is 23.7 Å². The third-order valence-electron chi connectivity index (χ3n) is 3.85. The zero-order valence-electron chi connectivity index (χ0n) is 14.5. The Balaban J connectivity index is 2.04. The van der Waals surface area contributed by atoms with Crippen molar-refractivity contribution in [2.24, 2.45) is 0 Å². The Bertz CT molecular complexity index is 777. The topological polar surface area (TPSA) is 58.6 Å². The molecule has 0 saturated carbocycles. The van der Waals surface area contributed by atoms with Crippen LogP contribution in [-0.4, -0.2) is 25.5 Å². The summed E-state index contributed by atoms with van der Waals surface area (Å²) in [6, 6.07) is 12.5. The van der Waals surface area contributed by atoms with Gasteiger partial charge in [-0.25, -0.2) is 0 Å². The minimum absolute atomic E-state index is 0.139. The summed E-state index contributed by atoms with van der Waals surface area (Å²) >= 11 is 6.06. The standard InChI is InChI=1S/C19H21ClN2O3/c1-13-17(20)8-5-9-18(13)21-19(24)10-11-22(14(2)23)15-6-4-7-16(12-15)25-3/h4-9,12H,10-11H2,1-3H3,(H,21,24). The van der Waals surface area contributed by atoms with E-state index in [4.69, 9.17) is 16.3 Å². The van der Waals surface area contributed by atoms with Gasteiger partial charge in [0.15, 0.2) is 0 Å². The molecule has 0 unspecified atom stereocenters. The van der Waals surface area contributed by atoms with Crippen LogP contribution < -0.4 is 15.0 Å². The number of nitrogens with zero attached hydrogens (tertiary/aromatic N) is 1. The molecule has 0 aliphatic rings. The molecule has 2 aromatic carbocycles. The largest absolute Gasteiger partial charge is 0.497 e. The second-order valence-electron chi connectivity index (χ2n) is 5.58. The number of methoxy groups -OCH3 is 1. The highest BCUT2D eigenvalue weighted by Crippen LogP contribution is 2.24. The first-order chi connectivity index (χ1) is 11.9. The molecular formula is C19H21ClN2O3. The van der Waals surface area contributed by atoms with E-state index in [0.717, 1.165) is 5.56 Å². The lowest BCUT2D eigenvalue weighted by atomic mass is 10.2. The van der Waals surface area contributed by atoms with Gasteiger partial charge < -0.3 is 15.0 Å². The van der Waals surface area contributed by atoms with Gasteiger partial charge in [0.1, 0.15) is 5.75 Å². The van der Waals surface area contributed by atoms with Gasteiger partial charge in [-0.2, -0.15) is 0 Å². The summed E-state index contributed by atoms with van der Waals surface area (Å²) in [6.07, 6.45) is 0.169. The van der Waals surface area contributed by atoms with E-state index >= 15 is 0 Å². The molecule has 0 fully saturated rings. The van der Waals surface area contributed by atoms with Gasteiger partial charge in [0, 0.05) is 42.4 Å². The lowest BCUT2D eigenvalue weighted by molar-refractivity contribution is -0.117. The van der Waals surface area contributed by atoms with Crippen LogP contribution in [0.25, 0.3) is 0 Å². The first-order valence-electron chi connectivity index (χ1n) is 7.89. The fourth-order valence-electron chi connectivity index (χ4n) is 2.42. The van der Waals surface area contributed by atoms with Crippen LogP contribution in [-0.2, 0) is 9.59 Å². The second kappa shape index (κ2) is 8.53. The molecule has 2 rings (SSSR count). The van der Waals surface area contributed by atoms with Crippen LogP contribution in [0.1, 0.15) is 18.9 Å². The maximum Gasteiger partial charge on any atom is 0.226 e. The number of carbonyl (C=O) groups excluding carboxylic acids is 2. The molecule has 0 saturated heterocycles. The lowest BCUT2D eigenvalue weighted by Crippen LogP contribution is -2.32. The summed E-state index contributed by atoms with van der Waals surface area (Å²) in [7, 11) is 1.57. The summed E-state index contributed by atoms with van der Waals surface area (Å²) in [5.41, 5.74) is 2.18. The van der Waals surface area contributed by atoms with Gasteiger partial charge in [0.05, 0.1) is 7.11 Å². The van der Waals surface area contributed by atoms with Gasteiger partial charge in [0.25, 0.3) is 0 Å². The van der Waals surface area contributed by atoms with Crippen molar-refractivity contribution in [3.8, 4) is 5.75 Å². The fraction of sp³-hybridized carbons (Fsp3) is 0.263. The van der Waals surface area contributed by atoms with E-state index in [2.05, 4.69) is 5.32 Å². The molecule has 0 spiro atoms. The highest BCUT2D eigenvalue weighted by atomic mass is 35.5. The average Bonchev–Trinajstić information content (AvgIpc) is 2.59. The van der Waals surface area contributed by atoms with Crippen LogP contribution in [0.3, 0.4) is 0 Å². The molecule has 0 aliphatic carbocycles. The Hall–Kier alpha value is -2.53. The molecule has 1 N–H and O–H groups in total. The Morgan fingerprint density at radius 2 is 1.92 bits per heavy atom. The molecule has 0 aliphatic heterocycles. The monoisotopic (exact) mass is 360 g/mol. The van der Waals surface area contributed by atoms with E-state index in [1.54, 1.807) is 48.4 Å². The Morgan fingerprint density at radius 3 is 2.60 bits per heavy atom. The van der Waals surface area contributed by atoms with E-state index in [1.165, 1.54) is 6.92 Å². The fourth-order valence-corrected chi connectivity index (χ4v) is 2.59. The molecule has 6 heteroatoms. The Labute approximate surface area is 152 Å². The van der Waals surface area contributed by atoms with Crippen molar-refractivity contribution < 1.29 is 14.3 Å². The summed E-state index contributed by atoms with van der Waals surface area (Å²) in [5, 5.41) is 3.43. The predicted molar refractivity (Wildman–Crippen MR) is 100 cm³/mol. The van der Waals surface area contributed by atoms with Crippen molar-refractivity contribution in [3.05, 3.63) is 53.1 Å². The van der Waals surface area contributed by atoms with Gasteiger partial charge in [-0.15, -0.1) is 0 Å². The number of benzene rings is 2. The predicted octanol–water partition coefficient (Wildman–Crippen LogP) is 4.04. The number of nitrogens with one attached hydrogen (secondary N) is 1. The van der Waals surface area contributed by atoms with Crippen LogP contribution >= 0.6 is 11.6 Å². The first-order valence-corrected chi connectivity index (χ1v) is 8.27. The van der Waals surface area contributed by atoms with Crippen LogP contribution in [0, 0.1) is 6.92 Å². The van der Waals surface area contributed by atoms with Crippen LogP contribution in [0.5, 0.6) is 5.75 Å². The zero-order chi connectivity index (χ0) is 18.4. The van der Waals surface area contributed by atoms with E-state index in [0.29, 0.717) is 22.1 Å². The summed E-state index contributed by atoms with van der Waals surface area (Å²) in [5.74, 6) is 0.335. The number of hydrogen-bond acceptors (Lipinski definition) is 3. The molecule has 5 nitrogen and oxygen atoms in total.